The molecule has 1 saturated carbocycles. The summed E-state index contributed by atoms with van der Waals surface area (Å²) in [5.41, 5.74) is -1.24. The van der Waals surface area contributed by atoms with Crippen molar-refractivity contribution in [2.75, 3.05) is 6.54 Å². The minimum Gasteiger partial charge on any atom is -0.481 e. The first-order valence-electron chi connectivity index (χ1n) is 8.33. The second-order valence-electron chi connectivity index (χ2n) is 6.58. The average Bonchev–Trinajstić information content (AvgIpc) is 3.36. The molecule has 0 saturated heterocycles. The molecule has 1 amide bonds. The minimum absolute atomic E-state index is 0.0278. The summed E-state index contributed by atoms with van der Waals surface area (Å²) in [6.07, 6.45) is -3.15. The van der Waals surface area contributed by atoms with Crippen molar-refractivity contribution in [2.45, 2.75) is 45.2 Å². The van der Waals surface area contributed by atoms with E-state index in [1.807, 2.05) is 0 Å². The van der Waals surface area contributed by atoms with Gasteiger partial charge in [-0.1, -0.05) is 32.0 Å². The molecule has 0 radical (unpaired) electrons. The van der Waals surface area contributed by atoms with Gasteiger partial charge in [0.1, 0.15) is 0 Å². The third kappa shape index (κ3) is 4.14. The molecule has 1 aliphatic carbocycles. The summed E-state index contributed by atoms with van der Waals surface area (Å²) in [6, 6.07) is 5.02. The summed E-state index contributed by atoms with van der Waals surface area (Å²) in [5.74, 6) is -1.90. The van der Waals surface area contributed by atoms with Crippen LogP contribution in [0.5, 0.6) is 0 Å². The van der Waals surface area contributed by atoms with Gasteiger partial charge in [-0.3, -0.25) is 9.59 Å². The van der Waals surface area contributed by atoms with Crippen molar-refractivity contribution in [1.29, 1.82) is 0 Å². The molecule has 1 aromatic carbocycles. The fraction of sp³-hybridized carbons (Fsp3) is 0.556. The lowest BCUT2D eigenvalue weighted by Crippen LogP contribution is -2.43. The van der Waals surface area contributed by atoms with Crippen LogP contribution in [0.1, 0.15) is 50.2 Å². The lowest BCUT2D eigenvalue weighted by atomic mass is 9.82. The van der Waals surface area contributed by atoms with Crippen LogP contribution < -0.4 is 5.32 Å². The first-order chi connectivity index (χ1) is 11.6. The van der Waals surface area contributed by atoms with Crippen molar-refractivity contribution in [2.24, 2.45) is 11.3 Å². The molecule has 1 fully saturated rings. The first kappa shape index (κ1) is 19.3. The average molecular weight is 357 g/mol. The molecule has 1 aliphatic rings. The lowest BCUT2D eigenvalue weighted by Gasteiger charge is -2.26. The standard InChI is InChI=1S/C18H22F3NO3/c1-3-17(4-2,16(24)25)10-22-15(23)14-9-13(14)11-6-5-7-12(8-11)18(19,20)21/h5-8,13-14H,3-4,9-10H2,1-2H3,(H,22,23)(H,24,25). The number of hydrogen-bond donors (Lipinski definition) is 2. The second kappa shape index (κ2) is 7.06. The molecular weight excluding hydrogens is 335 g/mol. The Morgan fingerprint density at radius 1 is 1.24 bits per heavy atom. The van der Waals surface area contributed by atoms with Crippen molar-refractivity contribution < 1.29 is 27.9 Å². The van der Waals surface area contributed by atoms with Crippen molar-refractivity contribution in [3.8, 4) is 0 Å². The van der Waals surface area contributed by atoms with Crippen molar-refractivity contribution in [1.82, 2.24) is 5.32 Å². The van der Waals surface area contributed by atoms with Gasteiger partial charge >= 0.3 is 12.1 Å². The number of rotatable bonds is 7. The molecule has 4 nitrogen and oxygen atoms in total. The van der Waals surface area contributed by atoms with Crippen LogP contribution in [-0.4, -0.2) is 23.5 Å². The number of carboxylic acid groups (broad SMARTS) is 1. The molecule has 1 aromatic rings. The first-order valence-corrected chi connectivity index (χ1v) is 8.33. The Balaban J connectivity index is 2.00. The van der Waals surface area contributed by atoms with Crippen LogP contribution in [0, 0.1) is 11.3 Å². The van der Waals surface area contributed by atoms with Crippen LogP contribution in [0.15, 0.2) is 24.3 Å². The fourth-order valence-electron chi connectivity index (χ4n) is 3.06. The molecule has 2 rings (SSSR count). The molecule has 2 unspecified atom stereocenters. The number of alkyl halides is 3. The number of hydrogen-bond acceptors (Lipinski definition) is 2. The largest absolute Gasteiger partial charge is 0.481 e. The molecule has 138 valence electrons. The predicted octanol–water partition coefficient (Wildman–Crippen LogP) is 3.82. The molecule has 0 aromatic heterocycles. The Morgan fingerprint density at radius 2 is 1.88 bits per heavy atom. The van der Waals surface area contributed by atoms with Gasteiger partial charge in [0.15, 0.2) is 0 Å². The van der Waals surface area contributed by atoms with Gasteiger partial charge in [-0.25, -0.2) is 0 Å². The highest BCUT2D eigenvalue weighted by Gasteiger charge is 2.45. The molecule has 25 heavy (non-hydrogen) atoms. The Kier molecular flexibility index (Phi) is 5.44. The highest BCUT2D eigenvalue weighted by molar-refractivity contribution is 5.84. The summed E-state index contributed by atoms with van der Waals surface area (Å²) in [4.78, 5) is 23.7. The quantitative estimate of drug-likeness (QED) is 0.780. The number of benzene rings is 1. The molecule has 7 heteroatoms. The van der Waals surface area contributed by atoms with E-state index in [4.69, 9.17) is 0 Å². The zero-order valence-electron chi connectivity index (χ0n) is 14.2. The Labute approximate surface area is 144 Å². The van der Waals surface area contributed by atoms with Gasteiger partial charge in [-0.15, -0.1) is 0 Å². The number of nitrogens with one attached hydrogen (secondary N) is 1. The van der Waals surface area contributed by atoms with E-state index in [-0.39, 0.29) is 18.4 Å². The number of carbonyl (C=O) groups excluding carboxylic acids is 1. The van der Waals surface area contributed by atoms with E-state index in [0.29, 0.717) is 24.8 Å². The SMILES string of the molecule is CCC(CC)(CNC(=O)C1CC1c1cccc(C(F)(F)F)c1)C(=O)O. The number of carbonyl (C=O) groups is 2. The smallest absolute Gasteiger partial charge is 0.416 e. The summed E-state index contributed by atoms with van der Waals surface area (Å²) in [5, 5.41) is 12.0. The number of aliphatic carboxylic acids is 1. The Hall–Kier alpha value is -2.05. The zero-order chi connectivity index (χ0) is 18.8. The normalized spacial score (nSPS) is 20.2. The maximum absolute atomic E-state index is 12.8. The summed E-state index contributed by atoms with van der Waals surface area (Å²) < 4.78 is 38.3. The third-order valence-electron chi connectivity index (χ3n) is 5.18. The molecule has 0 aliphatic heterocycles. The van der Waals surface area contributed by atoms with Gasteiger partial charge in [0.2, 0.25) is 5.91 Å². The number of halogens is 3. The summed E-state index contributed by atoms with van der Waals surface area (Å²) >= 11 is 0. The summed E-state index contributed by atoms with van der Waals surface area (Å²) in [7, 11) is 0. The molecular formula is C18H22F3NO3. The van der Waals surface area contributed by atoms with Crippen molar-refractivity contribution in [3.63, 3.8) is 0 Å². The van der Waals surface area contributed by atoms with E-state index in [1.54, 1.807) is 19.9 Å². The second-order valence-corrected chi connectivity index (χ2v) is 6.58. The van der Waals surface area contributed by atoms with Crippen LogP contribution in [0.2, 0.25) is 0 Å². The Bertz CT molecular complexity index is 653. The van der Waals surface area contributed by atoms with E-state index >= 15 is 0 Å². The van der Waals surface area contributed by atoms with E-state index < -0.39 is 29.0 Å². The highest BCUT2D eigenvalue weighted by Crippen LogP contribution is 2.48. The van der Waals surface area contributed by atoms with Gasteiger partial charge < -0.3 is 10.4 Å². The monoisotopic (exact) mass is 357 g/mol. The van der Waals surface area contributed by atoms with Crippen LogP contribution in [-0.2, 0) is 15.8 Å². The molecule has 0 heterocycles. The number of carboxylic acids is 1. The molecule has 2 atom stereocenters. The van der Waals surface area contributed by atoms with Gasteiger partial charge in [0.25, 0.3) is 0 Å². The topological polar surface area (TPSA) is 66.4 Å². The highest BCUT2D eigenvalue weighted by atomic mass is 19.4. The van der Waals surface area contributed by atoms with Crippen LogP contribution in [0.3, 0.4) is 0 Å². The molecule has 2 N–H and O–H groups in total. The van der Waals surface area contributed by atoms with Gasteiger partial charge in [-0.05, 0) is 36.8 Å². The molecule has 0 spiro atoms. The van der Waals surface area contributed by atoms with E-state index in [9.17, 15) is 27.9 Å². The van der Waals surface area contributed by atoms with E-state index in [0.717, 1.165) is 12.1 Å². The summed E-state index contributed by atoms with van der Waals surface area (Å²) in [6.45, 7) is 3.54. The van der Waals surface area contributed by atoms with Crippen LogP contribution in [0.25, 0.3) is 0 Å². The van der Waals surface area contributed by atoms with Gasteiger partial charge in [-0.2, -0.15) is 13.2 Å². The lowest BCUT2D eigenvalue weighted by molar-refractivity contribution is -0.149. The van der Waals surface area contributed by atoms with Crippen molar-refractivity contribution >= 4 is 11.9 Å². The van der Waals surface area contributed by atoms with Gasteiger partial charge in [0, 0.05) is 12.5 Å². The maximum Gasteiger partial charge on any atom is 0.416 e. The Morgan fingerprint density at radius 3 is 2.40 bits per heavy atom. The van der Waals surface area contributed by atoms with Crippen LogP contribution in [0.4, 0.5) is 13.2 Å². The van der Waals surface area contributed by atoms with Crippen LogP contribution >= 0.6 is 0 Å². The maximum atomic E-state index is 12.8. The third-order valence-corrected chi connectivity index (χ3v) is 5.18. The van der Waals surface area contributed by atoms with Gasteiger partial charge in [0.05, 0.1) is 11.0 Å². The van der Waals surface area contributed by atoms with Crippen molar-refractivity contribution in [3.05, 3.63) is 35.4 Å². The molecule has 0 bridgehead atoms. The zero-order valence-corrected chi connectivity index (χ0v) is 14.2. The van der Waals surface area contributed by atoms with E-state index in [1.165, 1.54) is 6.07 Å². The minimum atomic E-state index is -4.41. The fourth-order valence-corrected chi connectivity index (χ4v) is 3.06. The van der Waals surface area contributed by atoms with E-state index in [2.05, 4.69) is 5.32 Å². The number of amides is 1. The predicted molar refractivity (Wildman–Crippen MR) is 86.0 cm³/mol.